The number of benzene rings is 1. The van der Waals surface area contributed by atoms with Crippen molar-refractivity contribution < 1.29 is 18.0 Å². The average molecular weight is 553 g/mol. The average Bonchev–Trinajstić information content (AvgIpc) is 3.64. The highest BCUT2D eigenvalue weighted by Crippen LogP contribution is 2.58. The first-order chi connectivity index (χ1) is 17.7. The van der Waals surface area contributed by atoms with E-state index in [0.717, 1.165) is 5.56 Å². The van der Waals surface area contributed by atoms with Gasteiger partial charge in [-0.15, -0.1) is 0 Å². The number of nitrogens with zero attached hydrogens (tertiary/aromatic N) is 4. The van der Waals surface area contributed by atoms with Crippen LogP contribution in [0.1, 0.15) is 61.3 Å². The number of carbonyl (C=O) groups is 1. The smallest absolute Gasteiger partial charge is 0.377 e. The number of halogens is 4. The lowest BCUT2D eigenvalue weighted by Crippen LogP contribution is -2.39. The van der Waals surface area contributed by atoms with Gasteiger partial charge >= 0.3 is 6.18 Å². The van der Waals surface area contributed by atoms with Crippen LogP contribution in [0.5, 0.6) is 0 Å². The molecule has 38 heavy (non-hydrogen) atoms. The number of pyridine rings is 1. The lowest BCUT2D eigenvalue weighted by atomic mass is 10.0. The van der Waals surface area contributed by atoms with Crippen LogP contribution >= 0.6 is 11.6 Å². The zero-order valence-electron chi connectivity index (χ0n) is 22.2. The number of hydrogen-bond donors (Lipinski definition) is 2. The monoisotopic (exact) mass is 552 g/mol. The number of aromatic nitrogens is 3. The Morgan fingerprint density at radius 1 is 1.26 bits per heavy atom. The molecule has 4 rings (SSSR count). The number of primary amides is 1. The molecule has 0 radical (unpaired) electrons. The molecule has 12 heteroatoms. The molecule has 1 atom stereocenters. The maximum absolute atomic E-state index is 13.6. The van der Waals surface area contributed by atoms with E-state index in [-0.39, 0.29) is 41.7 Å². The van der Waals surface area contributed by atoms with Gasteiger partial charge in [0.15, 0.2) is 5.69 Å². The molecular weight excluding hydrogens is 521 g/mol. The molecule has 1 fully saturated rings. The number of nitrogens with two attached hydrogens (primary N) is 1. The van der Waals surface area contributed by atoms with Gasteiger partial charge in [-0.25, -0.2) is 9.97 Å². The Balaban J connectivity index is 0.00000195. The highest BCUT2D eigenvalue weighted by molar-refractivity contribution is 6.29. The summed E-state index contributed by atoms with van der Waals surface area (Å²) in [6, 6.07) is 6.13. The van der Waals surface area contributed by atoms with Gasteiger partial charge in [0.1, 0.15) is 5.15 Å². The fourth-order valence-electron chi connectivity index (χ4n) is 4.47. The fourth-order valence-corrected chi connectivity index (χ4v) is 4.62. The van der Waals surface area contributed by atoms with E-state index in [1.165, 1.54) is 29.6 Å². The van der Waals surface area contributed by atoms with Gasteiger partial charge < -0.3 is 16.0 Å². The largest absolute Gasteiger partial charge is 0.396 e. The second-order valence-corrected chi connectivity index (χ2v) is 9.81. The number of rotatable bonds is 7. The van der Waals surface area contributed by atoms with Crippen molar-refractivity contribution in [2.24, 2.45) is 18.2 Å². The zero-order valence-corrected chi connectivity index (χ0v) is 23.0. The SMILES string of the molecule is CC.Cc1cc(C(C)Nc2ccc(Cl)nc2C(N)=O)c2nc(N(C)CC3(C(F)(F)F)CC3)n(C)c(=O)c2c1. The third-order valence-electron chi connectivity index (χ3n) is 6.60. The number of hydrogen-bond acceptors (Lipinski definition) is 6. The summed E-state index contributed by atoms with van der Waals surface area (Å²) in [7, 11) is 3.00. The Morgan fingerprint density at radius 2 is 1.89 bits per heavy atom. The predicted octanol–water partition coefficient (Wildman–Crippen LogP) is 5.37. The Hall–Kier alpha value is -3.34. The molecule has 3 aromatic rings. The van der Waals surface area contributed by atoms with Crippen molar-refractivity contribution in [3.8, 4) is 0 Å². The second-order valence-electron chi connectivity index (χ2n) is 9.42. The normalized spacial score (nSPS) is 14.9. The van der Waals surface area contributed by atoms with Crippen molar-refractivity contribution >= 4 is 40.0 Å². The van der Waals surface area contributed by atoms with Crippen LogP contribution in [-0.4, -0.2) is 40.2 Å². The molecule has 206 valence electrons. The Morgan fingerprint density at radius 3 is 2.45 bits per heavy atom. The molecule has 1 aliphatic carbocycles. The summed E-state index contributed by atoms with van der Waals surface area (Å²) >= 11 is 5.90. The molecule has 1 aliphatic rings. The van der Waals surface area contributed by atoms with Gasteiger partial charge in [0.25, 0.3) is 11.5 Å². The Bertz CT molecular complexity index is 1420. The van der Waals surface area contributed by atoms with Gasteiger partial charge in [0.2, 0.25) is 5.95 Å². The molecule has 8 nitrogen and oxygen atoms in total. The number of anilines is 2. The minimum atomic E-state index is -4.33. The molecule has 0 aliphatic heterocycles. The molecule has 1 unspecified atom stereocenters. The zero-order chi connectivity index (χ0) is 28.6. The molecule has 0 bridgehead atoms. The minimum absolute atomic E-state index is 0.0440. The maximum atomic E-state index is 13.6. The Labute approximate surface area is 224 Å². The first kappa shape index (κ1) is 29.2. The molecule has 2 aromatic heterocycles. The third kappa shape index (κ3) is 5.57. The maximum Gasteiger partial charge on any atom is 0.396 e. The number of alkyl halides is 3. The summed E-state index contributed by atoms with van der Waals surface area (Å²) < 4.78 is 42.0. The minimum Gasteiger partial charge on any atom is -0.377 e. The van der Waals surface area contributed by atoms with E-state index in [0.29, 0.717) is 22.2 Å². The molecule has 1 aromatic carbocycles. The number of carbonyl (C=O) groups excluding carboxylic acids is 1. The number of fused-ring (bicyclic) bond motifs is 1. The molecule has 2 heterocycles. The van der Waals surface area contributed by atoms with Gasteiger partial charge in [0.05, 0.1) is 28.0 Å². The molecule has 1 saturated carbocycles. The predicted molar refractivity (Wildman–Crippen MR) is 144 cm³/mol. The van der Waals surface area contributed by atoms with E-state index >= 15 is 0 Å². The third-order valence-corrected chi connectivity index (χ3v) is 6.81. The van der Waals surface area contributed by atoms with Gasteiger partial charge in [0, 0.05) is 26.2 Å². The number of amides is 1. The van der Waals surface area contributed by atoms with Crippen molar-refractivity contribution in [3.05, 3.63) is 56.6 Å². The summed E-state index contributed by atoms with van der Waals surface area (Å²) in [5.41, 5.74) is 5.36. The summed E-state index contributed by atoms with van der Waals surface area (Å²) in [5, 5.41) is 3.61. The van der Waals surface area contributed by atoms with E-state index in [2.05, 4.69) is 15.3 Å². The first-order valence-corrected chi connectivity index (χ1v) is 12.6. The lowest BCUT2D eigenvalue weighted by molar-refractivity contribution is -0.183. The topological polar surface area (TPSA) is 106 Å². The van der Waals surface area contributed by atoms with Crippen molar-refractivity contribution in [1.29, 1.82) is 0 Å². The first-order valence-electron chi connectivity index (χ1n) is 12.3. The van der Waals surface area contributed by atoms with Crippen molar-refractivity contribution in [1.82, 2.24) is 14.5 Å². The molecule has 0 saturated heterocycles. The van der Waals surface area contributed by atoms with Crippen LogP contribution in [-0.2, 0) is 7.05 Å². The van der Waals surface area contributed by atoms with Crippen LogP contribution in [0.4, 0.5) is 24.8 Å². The van der Waals surface area contributed by atoms with Gasteiger partial charge in [-0.05, 0) is 50.5 Å². The number of nitrogens with one attached hydrogen (secondary N) is 1. The second kappa shape index (κ2) is 10.8. The van der Waals surface area contributed by atoms with E-state index in [9.17, 15) is 22.8 Å². The van der Waals surface area contributed by atoms with Crippen molar-refractivity contribution in [3.63, 3.8) is 0 Å². The van der Waals surface area contributed by atoms with Crippen LogP contribution in [0.25, 0.3) is 10.9 Å². The van der Waals surface area contributed by atoms with Gasteiger partial charge in [-0.1, -0.05) is 31.5 Å². The quantitative estimate of drug-likeness (QED) is 0.382. The van der Waals surface area contributed by atoms with E-state index in [1.807, 2.05) is 26.8 Å². The Kier molecular flexibility index (Phi) is 8.30. The van der Waals surface area contributed by atoms with E-state index in [4.69, 9.17) is 17.3 Å². The standard InChI is InChI=1S/C24H26ClF3N6O2.C2H6/c1-12-9-14(13(2)30-16-5-6-17(25)31-19(16)20(29)35)18-15(10-12)21(36)34(4)22(32-18)33(3)11-23(7-8-23)24(26,27)28;1-2/h5-6,9-10,13,30H,7-8,11H2,1-4H3,(H2,29,35);1-2H3. The van der Waals surface area contributed by atoms with Crippen LogP contribution in [0.3, 0.4) is 0 Å². The molecule has 1 amide bonds. The fraction of sp³-hybridized carbons (Fsp3) is 0.462. The van der Waals surface area contributed by atoms with Crippen LogP contribution in [0.15, 0.2) is 29.1 Å². The molecular formula is C26H32ClF3N6O2. The van der Waals surface area contributed by atoms with Crippen LogP contribution in [0.2, 0.25) is 5.15 Å². The van der Waals surface area contributed by atoms with Crippen LogP contribution in [0, 0.1) is 12.3 Å². The summed E-state index contributed by atoms with van der Waals surface area (Å²) in [6.45, 7) is 7.34. The van der Waals surface area contributed by atoms with E-state index < -0.39 is 23.5 Å². The highest BCUT2D eigenvalue weighted by atomic mass is 35.5. The van der Waals surface area contributed by atoms with Crippen LogP contribution < -0.4 is 21.5 Å². The highest BCUT2D eigenvalue weighted by Gasteiger charge is 2.63. The molecule has 3 N–H and O–H groups in total. The van der Waals surface area contributed by atoms with Crippen molar-refractivity contribution in [2.45, 2.75) is 52.8 Å². The lowest BCUT2D eigenvalue weighted by Gasteiger charge is -2.28. The van der Waals surface area contributed by atoms with Crippen molar-refractivity contribution in [2.75, 3.05) is 23.8 Å². The number of aryl methyl sites for hydroxylation is 1. The van der Waals surface area contributed by atoms with Gasteiger partial charge in [-0.3, -0.25) is 14.2 Å². The molecule has 0 spiro atoms. The van der Waals surface area contributed by atoms with Gasteiger partial charge in [-0.2, -0.15) is 13.2 Å². The van der Waals surface area contributed by atoms with E-state index in [1.54, 1.807) is 19.1 Å². The summed E-state index contributed by atoms with van der Waals surface area (Å²) in [4.78, 5) is 35.2. The summed E-state index contributed by atoms with van der Waals surface area (Å²) in [5.74, 6) is -0.637. The summed E-state index contributed by atoms with van der Waals surface area (Å²) in [6.07, 6.45) is -4.24.